The van der Waals surface area contributed by atoms with Crippen LogP contribution in [0.3, 0.4) is 0 Å². The van der Waals surface area contributed by atoms with Gasteiger partial charge in [0, 0.05) is 45.2 Å². The van der Waals surface area contributed by atoms with Crippen LogP contribution in [0.25, 0.3) is 0 Å². The molecule has 7 heteroatoms. The molecule has 2 heterocycles. The first-order chi connectivity index (χ1) is 15.1. The Morgan fingerprint density at radius 1 is 1.03 bits per heavy atom. The van der Waals surface area contributed by atoms with Gasteiger partial charge in [0.05, 0.1) is 6.54 Å². The van der Waals surface area contributed by atoms with Gasteiger partial charge < -0.3 is 20.4 Å². The van der Waals surface area contributed by atoms with Gasteiger partial charge in [-0.25, -0.2) is 0 Å². The molecule has 4 rings (SSSR count). The van der Waals surface area contributed by atoms with Crippen molar-refractivity contribution in [3.8, 4) is 0 Å². The summed E-state index contributed by atoms with van der Waals surface area (Å²) < 4.78 is 0. The van der Waals surface area contributed by atoms with Crippen molar-refractivity contribution in [1.82, 2.24) is 20.4 Å². The van der Waals surface area contributed by atoms with E-state index in [4.69, 9.17) is 0 Å². The number of carbonyl (C=O) groups is 2. The molecule has 0 spiro atoms. The van der Waals surface area contributed by atoms with Crippen LogP contribution in [0.5, 0.6) is 0 Å². The molecule has 31 heavy (non-hydrogen) atoms. The van der Waals surface area contributed by atoms with Crippen molar-refractivity contribution in [3.63, 3.8) is 0 Å². The van der Waals surface area contributed by atoms with E-state index in [1.807, 2.05) is 15.9 Å². The summed E-state index contributed by atoms with van der Waals surface area (Å²) in [5.74, 6) is 1.26. The second-order valence-corrected chi connectivity index (χ2v) is 9.01. The maximum Gasteiger partial charge on any atom is 0.242 e. The summed E-state index contributed by atoms with van der Waals surface area (Å²) in [6.07, 6.45) is 7.52. The number of carbonyl (C=O) groups excluding carboxylic acids is 2. The predicted molar refractivity (Wildman–Crippen MR) is 122 cm³/mol. The standard InChI is InChI=1S/C24H35N5O2/c1-25-24(26-15-22(30)28-13-11-18-7-5-6-10-20(18)16-28)27-21-12-14-29(17-21)23(31)19-8-3-2-4-9-19/h5-7,10,19,21H,2-4,8-9,11-17H2,1H3,(H2,25,26,27). The largest absolute Gasteiger partial charge is 0.352 e. The SMILES string of the molecule is CN=C(NCC(=O)N1CCc2ccccc2C1)NC1CCN(C(=O)C2CCCCC2)C1. The van der Waals surface area contributed by atoms with E-state index in [0.717, 1.165) is 38.8 Å². The van der Waals surface area contributed by atoms with Gasteiger partial charge in [-0.3, -0.25) is 14.6 Å². The molecule has 1 saturated carbocycles. The van der Waals surface area contributed by atoms with Gasteiger partial charge in [0.1, 0.15) is 0 Å². The van der Waals surface area contributed by atoms with Crippen LogP contribution in [0.15, 0.2) is 29.3 Å². The first kappa shape index (κ1) is 21.7. The fourth-order valence-electron chi connectivity index (χ4n) is 5.05. The van der Waals surface area contributed by atoms with Gasteiger partial charge in [-0.2, -0.15) is 0 Å². The number of guanidine groups is 1. The maximum atomic E-state index is 12.8. The normalized spacial score (nSPS) is 22.2. The topological polar surface area (TPSA) is 77.0 Å². The molecule has 1 aromatic rings. The maximum absolute atomic E-state index is 12.8. The molecule has 168 valence electrons. The van der Waals surface area contributed by atoms with Gasteiger partial charge in [0.2, 0.25) is 11.8 Å². The minimum Gasteiger partial charge on any atom is -0.352 e. The lowest BCUT2D eigenvalue weighted by Crippen LogP contribution is -2.49. The van der Waals surface area contributed by atoms with Crippen molar-refractivity contribution in [2.45, 2.75) is 57.5 Å². The van der Waals surface area contributed by atoms with E-state index in [9.17, 15) is 9.59 Å². The number of aliphatic imine (C=N–C) groups is 1. The van der Waals surface area contributed by atoms with Crippen LogP contribution in [0.1, 0.15) is 49.7 Å². The van der Waals surface area contributed by atoms with Crippen molar-refractivity contribution in [3.05, 3.63) is 35.4 Å². The van der Waals surface area contributed by atoms with E-state index in [-0.39, 0.29) is 24.4 Å². The van der Waals surface area contributed by atoms with Crippen molar-refractivity contribution >= 4 is 17.8 Å². The molecule has 1 atom stereocenters. The zero-order chi connectivity index (χ0) is 21.6. The fourth-order valence-corrected chi connectivity index (χ4v) is 5.05. The molecule has 0 aromatic heterocycles. The third-order valence-corrected chi connectivity index (χ3v) is 6.91. The second-order valence-electron chi connectivity index (χ2n) is 9.01. The highest BCUT2D eigenvalue weighted by atomic mass is 16.2. The Labute approximate surface area is 185 Å². The molecule has 1 aromatic carbocycles. The van der Waals surface area contributed by atoms with Crippen LogP contribution in [-0.4, -0.2) is 66.8 Å². The number of rotatable bonds is 4. The smallest absolute Gasteiger partial charge is 0.242 e. The van der Waals surface area contributed by atoms with Crippen LogP contribution in [0.2, 0.25) is 0 Å². The molecular formula is C24H35N5O2. The first-order valence-electron chi connectivity index (χ1n) is 11.7. The fraction of sp³-hybridized carbons (Fsp3) is 0.625. The lowest BCUT2D eigenvalue weighted by Gasteiger charge is -2.29. The number of hydrogen-bond acceptors (Lipinski definition) is 3. The zero-order valence-corrected chi connectivity index (χ0v) is 18.6. The molecule has 7 nitrogen and oxygen atoms in total. The number of nitrogens with one attached hydrogen (secondary N) is 2. The van der Waals surface area contributed by atoms with Gasteiger partial charge >= 0.3 is 0 Å². The van der Waals surface area contributed by atoms with E-state index < -0.39 is 0 Å². The lowest BCUT2D eigenvalue weighted by atomic mass is 9.88. The van der Waals surface area contributed by atoms with E-state index in [1.165, 1.54) is 30.4 Å². The number of benzene rings is 1. The Hall–Kier alpha value is -2.57. The molecule has 1 aliphatic carbocycles. The summed E-state index contributed by atoms with van der Waals surface area (Å²) in [5, 5.41) is 6.57. The van der Waals surface area contributed by atoms with E-state index >= 15 is 0 Å². The number of amides is 2. The van der Waals surface area contributed by atoms with Crippen molar-refractivity contribution < 1.29 is 9.59 Å². The zero-order valence-electron chi connectivity index (χ0n) is 18.6. The van der Waals surface area contributed by atoms with Crippen LogP contribution >= 0.6 is 0 Å². The molecule has 2 amide bonds. The minimum atomic E-state index is 0.0815. The lowest BCUT2D eigenvalue weighted by molar-refractivity contribution is -0.135. The summed E-state index contributed by atoms with van der Waals surface area (Å²) in [5.41, 5.74) is 2.57. The summed E-state index contributed by atoms with van der Waals surface area (Å²) in [6, 6.07) is 8.51. The average molecular weight is 426 g/mol. The summed E-state index contributed by atoms with van der Waals surface area (Å²) in [4.78, 5) is 33.7. The van der Waals surface area contributed by atoms with Gasteiger partial charge in [-0.15, -0.1) is 0 Å². The third kappa shape index (κ3) is 5.38. The van der Waals surface area contributed by atoms with Crippen LogP contribution in [-0.2, 0) is 22.6 Å². The average Bonchev–Trinajstić information content (AvgIpc) is 3.29. The van der Waals surface area contributed by atoms with Crippen molar-refractivity contribution in [2.75, 3.05) is 33.2 Å². The second kappa shape index (κ2) is 10.2. The Balaban J connectivity index is 1.22. The highest BCUT2D eigenvalue weighted by Gasteiger charge is 2.32. The molecular weight excluding hydrogens is 390 g/mol. The minimum absolute atomic E-state index is 0.0815. The third-order valence-electron chi connectivity index (χ3n) is 6.91. The van der Waals surface area contributed by atoms with Gasteiger partial charge in [0.25, 0.3) is 0 Å². The molecule has 1 saturated heterocycles. The highest BCUT2D eigenvalue weighted by molar-refractivity contribution is 5.87. The predicted octanol–water partition coefficient (Wildman–Crippen LogP) is 1.92. The molecule has 0 bridgehead atoms. The van der Waals surface area contributed by atoms with Crippen molar-refractivity contribution in [1.29, 1.82) is 0 Å². The molecule has 2 N–H and O–H groups in total. The molecule has 0 radical (unpaired) electrons. The van der Waals surface area contributed by atoms with E-state index in [0.29, 0.717) is 25.0 Å². The highest BCUT2D eigenvalue weighted by Crippen LogP contribution is 2.26. The number of likely N-dealkylation sites (tertiary alicyclic amines) is 1. The Kier molecular flexibility index (Phi) is 7.10. The van der Waals surface area contributed by atoms with Gasteiger partial charge in [-0.1, -0.05) is 43.5 Å². The summed E-state index contributed by atoms with van der Waals surface area (Å²) >= 11 is 0. The first-order valence-corrected chi connectivity index (χ1v) is 11.7. The summed E-state index contributed by atoms with van der Waals surface area (Å²) in [7, 11) is 1.72. The van der Waals surface area contributed by atoms with Crippen LogP contribution < -0.4 is 10.6 Å². The molecule has 1 unspecified atom stereocenters. The van der Waals surface area contributed by atoms with Gasteiger partial charge in [0.15, 0.2) is 5.96 Å². The van der Waals surface area contributed by atoms with Crippen LogP contribution in [0, 0.1) is 5.92 Å². The van der Waals surface area contributed by atoms with E-state index in [1.54, 1.807) is 7.05 Å². The summed E-state index contributed by atoms with van der Waals surface area (Å²) in [6.45, 7) is 3.16. The molecule has 3 aliphatic rings. The van der Waals surface area contributed by atoms with E-state index in [2.05, 4.69) is 33.8 Å². The quantitative estimate of drug-likeness (QED) is 0.571. The monoisotopic (exact) mass is 425 g/mol. The Morgan fingerprint density at radius 2 is 1.81 bits per heavy atom. The number of fused-ring (bicyclic) bond motifs is 1. The van der Waals surface area contributed by atoms with Gasteiger partial charge in [-0.05, 0) is 36.8 Å². The number of hydrogen-bond donors (Lipinski definition) is 2. The van der Waals surface area contributed by atoms with Crippen molar-refractivity contribution in [2.24, 2.45) is 10.9 Å². The van der Waals surface area contributed by atoms with Crippen LogP contribution in [0.4, 0.5) is 0 Å². The Morgan fingerprint density at radius 3 is 2.58 bits per heavy atom. The molecule has 2 aliphatic heterocycles. The number of nitrogens with zero attached hydrogens (tertiary/aromatic N) is 3. The molecule has 2 fully saturated rings. The Bertz CT molecular complexity index is 818.